The number of hydrogen-bond acceptors (Lipinski definition) is 4. The van der Waals surface area contributed by atoms with Crippen LogP contribution in [0.2, 0.25) is 0 Å². The largest absolute Gasteiger partial charge is 0.366 e. The van der Waals surface area contributed by atoms with Crippen molar-refractivity contribution < 1.29 is 0 Å². The van der Waals surface area contributed by atoms with Crippen LogP contribution in [0.4, 0.5) is 5.82 Å². The first-order valence-corrected chi connectivity index (χ1v) is 7.33. The van der Waals surface area contributed by atoms with Gasteiger partial charge in [-0.3, -0.25) is 0 Å². The van der Waals surface area contributed by atoms with E-state index in [1.54, 1.807) is 4.52 Å². The number of aromatic nitrogens is 4. The average Bonchev–Trinajstić information content (AvgIpc) is 2.96. The van der Waals surface area contributed by atoms with Crippen molar-refractivity contribution in [1.29, 1.82) is 0 Å². The number of fused-ring (bicyclic) bond motifs is 1. The third-order valence-corrected chi connectivity index (χ3v) is 3.62. The predicted octanol–water partition coefficient (Wildman–Crippen LogP) is 2.69. The molecular formula is C15H16ClN5. The zero-order valence-electron chi connectivity index (χ0n) is 11.7. The molecule has 0 aliphatic heterocycles. The molecule has 0 aliphatic rings. The molecule has 1 N–H and O–H groups in total. The molecule has 3 rings (SSSR count). The molecule has 0 spiro atoms. The van der Waals surface area contributed by atoms with E-state index in [1.807, 2.05) is 31.2 Å². The third-order valence-electron chi connectivity index (χ3n) is 3.24. The van der Waals surface area contributed by atoms with E-state index in [1.165, 1.54) is 11.9 Å². The average molecular weight is 302 g/mol. The molecule has 0 saturated heterocycles. The second-order valence-electron chi connectivity index (χ2n) is 4.94. The highest BCUT2D eigenvalue weighted by Crippen LogP contribution is 2.14. The molecule has 0 bridgehead atoms. The number of nitrogens with zero attached hydrogens (tertiary/aromatic N) is 4. The van der Waals surface area contributed by atoms with Gasteiger partial charge in [-0.15, -0.1) is 11.6 Å². The summed E-state index contributed by atoms with van der Waals surface area (Å²) in [6.45, 7) is 1.94. The minimum atomic E-state index is 0.114. The van der Waals surface area contributed by atoms with Gasteiger partial charge in [0.2, 0.25) is 0 Å². The summed E-state index contributed by atoms with van der Waals surface area (Å²) < 4.78 is 1.69. The zero-order chi connectivity index (χ0) is 14.7. The molecular weight excluding hydrogens is 286 g/mol. The Morgan fingerprint density at radius 3 is 2.86 bits per heavy atom. The van der Waals surface area contributed by atoms with Crippen molar-refractivity contribution in [3.63, 3.8) is 0 Å². The maximum atomic E-state index is 6.11. The normalized spacial score (nSPS) is 12.5. The summed E-state index contributed by atoms with van der Waals surface area (Å²) in [4.78, 5) is 8.45. The minimum absolute atomic E-state index is 0.114. The second kappa shape index (κ2) is 6.10. The molecule has 0 saturated carbocycles. The smallest absolute Gasteiger partial charge is 0.254 e. The Hall–Kier alpha value is -2.14. The van der Waals surface area contributed by atoms with Crippen LogP contribution in [0.5, 0.6) is 0 Å². The van der Waals surface area contributed by atoms with Gasteiger partial charge in [0.15, 0.2) is 0 Å². The van der Waals surface area contributed by atoms with Crippen molar-refractivity contribution in [3.8, 4) is 0 Å². The lowest BCUT2D eigenvalue weighted by Crippen LogP contribution is -2.25. The van der Waals surface area contributed by atoms with E-state index in [4.69, 9.17) is 11.6 Å². The molecule has 1 aromatic carbocycles. The van der Waals surface area contributed by atoms with Crippen molar-refractivity contribution in [3.05, 3.63) is 54.0 Å². The van der Waals surface area contributed by atoms with Gasteiger partial charge in [0, 0.05) is 23.7 Å². The van der Waals surface area contributed by atoms with E-state index < -0.39 is 0 Å². The summed E-state index contributed by atoms with van der Waals surface area (Å²) in [5, 5.41) is 7.63. The number of halogens is 1. The minimum Gasteiger partial charge on any atom is -0.366 e. The highest BCUT2D eigenvalue weighted by Gasteiger charge is 2.12. The van der Waals surface area contributed by atoms with Crippen LogP contribution in [0.1, 0.15) is 11.3 Å². The molecule has 1 atom stereocenters. The van der Waals surface area contributed by atoms with E-state index in [0.717, 1.165) is 17.9 Å². The first-order chi connectivity index (χ1) is 10.3. The molecule has 0 aliphatic carbocycles. The topological polar surface area (TPSA) is 55.1 Å². The Balaban J connectivity index is 1.84. The monoisotopic (exact) mass is 301 g/mol. The fourth-order valence-corrected chi connectivity index (χ4v) is 2.47. The first-order valence-electron chi connectivity index (χ1n) is 6.80. The Kier molecular flexibility index (Phi) is 4.01. The van der Waals surface area contributed by atoms with Gasteiger partial charge in [-0.2, -0.15) is 14.6 Å². The van der Waals surface area contributed by atoms with Crippen LogP contribution in [-0.4, -0.2) is 31.5 Å². The molecule has 108 valence electrons. The predicted molar refractivity (Wildman–Crippen MR) is 83.8 cm³/mol. The SMILES string of the molecule is Cc1cc(NC(CCl)Cc2ccccc2)n2ncnc2n1. The van der Waals surface area contributed by atoms with Crippen LogP contribution in [0, 0.1) is 6.92 Å². The molecule has 3 aromatic rings. The van der Waals surface area contributed by atoms with Crippen LogP contribution in [0.3, 0.4) is 0 Å². The number of alkyl halides is 1. The Morgan fingerprint density at radius 2 is 2.10 bits per heavy atom. The Bertz CT molecular complexity index is 725. The van der Waals surface area contributed by atoms with Crippen molar-refractivity contribution in [2.75, 3.05) is 11.2 Å². The van der Waals surface area contributed by atoms with Gasteiger partial charge in [0.05, 0.1) is 0 Å². The lowest BCUT2D eigenvalue weighted by atomic mass is 10.1. The van der Waals surface area contributed by atoms with Crippen LogP contribution < -0.4 is 5.32 Å². The molecule has 6 heteroatoms. The molecule has 1 unspecified atom stereocenters. The van der Waals surface area contributed by atoms with Gasteiger partial charge in [0.25, 0.3) is 5.78 Å². The van der Waals surface area contributed by atoms with Crippen LogP contribution in [-0.2, 0) is 6.42 Å². The first kappa shape index (κ1) is 13.8. The van der Waals surface area contributed by atoms with Gasteiger partial charge >= 0.3 is 0 Å². The zero-order valence-corrected chi connectivity index (χ0v) is 12.5. The molecule has 2 heterocycles. The Morgan fingerprint density at radius 1 is 1.29 bits per heavy atom. The van der Waals surface area contributed by atoms with Crippen molar-refractivity contribution in [1.82, 2.24) is 19.6 Å². The number of hydrogen-bond donors (Lipinski definition) is 1. The van der Waals surface area contributed by atoms with Gasteiger partial charge < -0.3 is 5.32 Å². The van der Waals surface area contributed by atoms with Crippen molar-refractivity contribution in [2.24, 2.45) is 0 Å². The number of aryl methyl sites for hydroxylation is 1. The third kappa shape index (κ3) is 3.13. The van der Waals surface area contributed by atoms with Gasteiger partial charge in [-0.25, -0.2) is 4.98 Å². The number of rotatable bonds is 5. The summed E-state index contributed by atoms with van der Waals surface area (Å²) in [6, 6.07) is 12.3. The fraction of sp³-hybridized carbons (Fsp3) is 0.267. The summed E-state index contributed by atoms with van der Waals surface area (Å²) in [7, 11) is 0. The van der Waals surface area contributed by atoms with Crippen molar-refractivity contribution in [2.45, 2.75) is 19.4 Å². The number of anilines is 1. The molecule has 5 nitrogen and oxygen atoms in total. The highest BCUT2D eigenvalue weighted by molar-refractivity contribution is 6.18. The quantitative estimate of drug-likeness (QED) is 0.736. The maximum absolute atomic E-state index is 6.11. The number of benzene rings is 1. The molecule has 2 aromatic heterocycles. The maximum Gasteiger partial charge on any atom is 0.254 e. The van der Waals surface area contributed by atoms with Crippen LogP contribution in [0.25, 0.3) is 5.78 Å². The van der Waals surface area contributed by atoms with Crippen molar-refractivity contribution >= 4 is 23.2 Å². The van der Waals surface area contributed by atoms with Gasteiger partial charge in [-0.05, 0) is 18.9 Å². The standard InChI is InChI=1S/C15H16ClN5/c1-11-7-14(21-15(19-11)17-10-18-21)20-13(9-16)8-12-5-3-2-4-6-12/h2-7,10,13,20H,8-9H2,1H3. The van der Waals surface area contributed by atoms with E-state index in [-0.39, 0.29) is 6.04 Å². The van der Waals surface area contributed by atoms with Gasteiger partial charge in [-0.1, -0.05) is 30.3 Å². The van der Waals surface area contributed by atoms with E-state index in [2.05, 4.69) is 32.5 Å². The van der Waals surface area contributed by atoms with E-state index in [9.17, 15) is 0 Å². The summed E-state index contributed by atoms with van der Waals surface area (Å²) >= 11 is 6.11. The second-order valence-corrected chi connectivity index (χ2v) is 5.25. The van der Waals surface area contributed by atoms with Crippen LogP contribution in [0.15, 0.2) is 42.7 Å². The van der Waals surface area contributed by atoms with Gasteiger partial charge in [0.1, 0.15) is 12.1 Å². The lowest BCUT2D eigenvalue weighted by molar-refractivity contribution is 0.776. The molecule has 0 fully saturated rings. The summed E-state index contributed by atoms with van der Waals surface area (Å²) in [6.07, 6.45) is 2.35. The fourth-order valence-electron chi connectivity index (χ4n) is 2.29. The Labute approximate surface area is 128 Å². The molecule has 0 radical (unpaired) electrons. The summed E-state index contributed by atoms with van der Waals surface area (Å²) in [5.41, 5.74) is 2.14. The highest BCUT2D eigenvalue weighted by atomic mass is 35.5. The summed E-state index contributed by atoms with van der Waals surface area (Å²) in [5.74, 6) is 1.95. The number of nitrogens with one attached hydrogen (secondary N) is 1. The molecule has 21 heavy (non-hydrogen) atoms. The molecule has 0 amide bonds. The van der Waals surface area contributed by atoms with E-state index >= 15 is 0 Å². The van der Waals surface area contributed by atoms with Crippen LogP contribution >= 0.6 is 11.6 Å². The lowest BCUT2D eigenvalue weighted by Gasteiger charge is -2.18. The van der Waals surface area contributed by atoms with E-state index in [0.29, 0.717) is 11.7 Å².